The normalized spacial score (nSPS) is 10.5. The number of aromatic nitrogens is 2. The SMILES string of the molecule is CCOC(=O)Cc1csc(NCCc2nc(C)cs2)n1. The number of carbonyl (C=O) groups excluding carboxylic acids is 1. The number of hydrogen-bond acceptors (Lipinski definition) is 7. The minimum atomic E-state index is -0.234. The number of esters is 1. The molecule has 0 saturated heterocycles. The third-order valence-electron chi connectivity index (χ3n) is 2.46. The molecule has 2 aromatic rings. The van der Waals surface area contributed by atoms with E-state index in [4.69, 9.17) is 4.74 Å². The summed E-state index contributed by atoms with van der Waals surface area (Å²) in [4.78, 5) is 20.1. The van der Waals surface area contributed by atoms with Gasteiger partial charge in [0.2, 0.25) is 0 Å². The highest BCUT2D eigenvalue weighted by Gasteiger charge is 2.08. The van der Waals surface area contributed by atoms with Crippen molar-refractivity contribution in [1.29, 1.82) is 0 Å². The van der Waals surface area contributed by atoms with Crippen LogP contribution in [0, 0.1) is 6.92 Å². The molecule has 1 N–H and O–H groups in total. The van der Waals surface area contributed by atoms with Crippen molar-refractivity contribution in [2.75, 3.05) is 18.5 Å². The molecular weight excluding hydrogens is 294 g/mol. The van der Waals surface area contributed by atoms with Gasteiger partial charge >= 0.3 is 5.97 Å². The van der Waals surface area contributed by atoms with E-state index in [0.29, 0.717) is 6.61 Å². The van der Waals surface area contributed by atoms with Gasteiger partial charge in [0.05, 0.1) is 23.7 Å². The molecule has 0 unspecified atom stereocenters. The first kappa shape index (κ1) is 14.9. The number of thiazole rings is 2. The molecule has 0 atom stereocenters. The van der Waals surface area contributed by atoms with Gasteiger partial charge in [0, 0.05) is 29.4 Å². The zero-order valence-electron chi connectivity index (χ0n) is 11.5. The predicted molar refractivity (Wildman–Crippen MR) is 81.5 cm³/mol. The van der Waals surface area contributed by atoms with Crippen molar-refractivity contribution in [3.05, 3.63) is 27.2 Å². The third-order valence-corrected chi connectivity index (χ3v) is 4.34. The van der Waals surface area contributed by atoms with Crippen molar-refractivity contribution in [3.8, 4) is 0 Å². The Balaban J connectivity index is 1.76. The number of aryl methyl sites for hydroxylation is 1. The molecule has 7 heteroatoms. The quantitative estimate of drug-likeness (QED) is 0.796. The summed E-state index contributed by atoms with van der Waals surface area (Å²) in [6.45, 7) is 4.99. The maximum absolute atomic E-state index is 11.3. The number of carbonyl (C=O) groups is 1. The molecular formula is C13H17N3O2S2. The van der Waals surface area contributed by atoms with E-state index < -0.39 is 0 Å². The minimum Gasteiger partial charge on any atom is -0.466 e. The van der Waals surface area contributed by atoms with Crippen molar-refractivity contribution in [1.82, 2.24) is 9.97 Å². The Kier molecular flexibility index (Phi) is 5.49. The minimum absolute atomic E-state index is 0.234. The average molecular weight is 311 g/mol. The van der Waals surface area contributed by atoms with Gasteiger partial charge in [-0.05, 0) is 13.8 Å². The van der Waals surface area contributed by atoms with E-state index in [0.717, 1.165) is 34.5 Å². The molecule has 2 heterocycles. The van der Waals surface area contributed by atoms with Crippen LogP contribution < -0.4 is 5.32 Å². The van der Waals surface area contributed by atoms with Crippen molar-refractivity contribution < 1.29 is 9.53 Å². The Morgan fingerprint density at radius 2 is 2.20 bits per heavy atom. The third kappa shape index (κ3) is 4.57. The van der Waals surface area contributed by atoms with Crippen LogP contribution in [0.2, 0.25) is 0 Å². The van der Waals surface area contributed by atoms with Crippen molar-refractivity contribution in [2.45, 2.75) is 26.7 Å². The molecule has 0 spiro atoms. The van der Waals surface area contributed by atoms with Gasteiger partial charge in [-0.1, -0.05) is 0 Å². The monoisotopic (exact) mass is 311 g/mol. The number of nitrogens with zero attached hydrogens (tertiary/aromatic N) is 2. The van der Waals surface area contributed by atoms with Crippen LogP contribution in [0.5, 0.6) is 0 Å². The lowest BCUT2D eigenvalue weighted by Gasteiger charge is -2.00. The first-order valence-corrected chi connectivity index (χ1v) is 8.18. The lowest BCUT2D eigenvalue weighted by Crippen LogP contribution is -2.08. The molecule has 2 aromatic heterocycles. The van der Waals surface area contributed by atoms with Gasteiger partial charge in [0.15, 0.2) is 5.13 Å². The van der Waals surface area contributed by atoms with E-state index in [1.807, 2.05) is 12.3 Å². The van der Waals surface area contributed by atoms with Gasteiger partial charge in [-0.3, -0.25) is 4.79 Å². The van der Waals surface area contributed by atoms with Crippen LogP contribution in [-0.2, 0) is 22.4 Å². The van der Waals surface area contributed by atoms with E-state index in [-0.39, 0.29) is 12.4 Å². The zero-order chi connectivity index (χ0) is 14.4. The van der Waals surface area contributed by atoms with E-state index in [1.54, 1.807) is 18.3 Å². The van der Waals surface area contributed by atoms with E-state index in [2.05, 4.69) is 20.7 Å². The highest BCUT2D eigenvalue weighted by molar-refractivity contribution is 7.13. The number of ether oxygens (including phenoxy) is 1. The molecule has 108 valence electrons. The molecule has 0 fully saturated rings. The molecule has 0 aliphatic rings. The number of anilines is 1. The summed E-state index contributed by atoms with van der Waals surface area (Å²) in [5.41, 5.74) is 1.82. The smallest absolute Gasteiger partial charge is 0.311 e. The van der Waals surface area contributed by atoms with Crippen LogP contribution in [0.4, 0.5) is 5.13 Å². The van der Waals surface area contributed by atoms with Crippen LogP contribution >= 0.6 is 22.7 Å². The molecule has 0 aliphatic heterocycles. The second-order valence-corrected chi connectivity index (χ2v) is 5.99. The lowest BCUT2D eigenvalue weighted by molar-refractivity contribution is -0.142. The largest absolute Gasteiger partial charge is 0.466 e. The molecule has 5 nitrogen and oxygen atoms in total. The Morgan fingerprint density at radius 1 is 1.35 bits per heavy atom. The summed E-state index contributed by atoms with van der Waals surface area (Å²) >= 11 is 3.18. The van der Waals surface area contributed by atoms with Crippen molar-refractivity contribution in [3.63, 3.8) is 0 Å². The van der Waals surface area contributed by atoms with Gasteiger partial charge in [0.25, 0.3) is 0 Å². The van der Waals surface area contributed by atoms with Gasteiger partial charge < -0.3 is 10.1 Å². The summed E-state index contributed by atoms with van der Waals surface area (Å²) in [5.74, 6) is -0.234. The maximum Gasteiger partial charge on any atom is 0.311 e. The molecule has 0 aromatic carbocycles. The standard InChI is InChI=1S/C13H17N3O2S2/c1-3-18-12(17)6-10-8-20-13(16-10)14-5-4-11-15-9(2)7-19-11/h7-8H,3-6H2,1-2H3,(H,14,16). The Labute approximate surface area is 126 Å². The molecule has 0 radical (unpaired) electrons. The second-order valence-electron chi connectivity index (χ2n) is 4.19. The number of nitrogens with one attached hydrogen (secondary N) is 1. The van der Waals surface area contributed by atoms with Crippen LogP contribution in [0.3, 0.4) is 0 Å². The fourth-order valence-corrected chi connectivity index (χ4v) is 3.14. The fraction of sp³-hybridized carbons (Fsp3) is 0.462. The number of hydrogen-bond donors (Lipinski definition) is 1. The Bertz CT molecular complexity index is 565. The predicted octanol–water partition coefficient (Wildman–Crippen LogP) is 2.67. The van der Waals surface area contributed by atoms with Crippen LogP contribution in [-0.4, -0.2) is 29.1 Å². The molecule has 20 heavy (non-hydrogen) atoms. The van der Waals surface area contributed by atoms with Crippen LogP contribution in [0.1, 0.15) is 23.3 Å². The topological polar surface area (TPSA) is 64.1 Å². The van der Waals surface area contributed by atoms with Gasteiger partial charge in [-0.15, -0.1) is 22.7 Å². The second kappa shape index (κ2) is 7.35. The first-order chi connectivity index (χ1) is 9.67. The molecule has 0 saturated carbocycles. The average Bonchev–Trinajstić information content (AvgIpc) is 3.00. The summed E-state index contributed by atoms with van der Waals surface area (Å²) in [7, 11) is 0. The molecule has 2 rings (SSSR count). The summed E-state index contributed by atoms with van der Waals surface area (Å²) < 4.78 is 4.89. The highest BCUT2D eigenvalue weighted by Crippen LogP contribution is 2.16. The molecule has 0 aliphatic carbocycles. The van der Waals surface area contributed by atoms with Crippen molar-refractivity contribution >= 4 is 33.8 Å². The lowest BCUT2D eigenvalue weighted by atomic mass is 10.3. The van der Waals surface area contributed by atoms with Crippen molar-refractivity contribution in [2.24, 2.45) is 0 Å². The van der Waals surface area contributed by atoms with Gasteiger partial charge in [0.1, 0.15) is 0 Å². The summed E-state index contributed by atoms with van der Waals surface area (Å²) in [5, 5.41) is 9.14. The van der Waals surface area contributed by atoms with E-state index >= 15 is 0 Å². The zero-order valence-corrected chi connectivity index (χ0v) is 13.1. The summed E-state index contributed by atoms with van der Waals surface area (Å²) in [6, 6.07) is 0. The Hall–Kier alpha value is -1.47. The number of rotatable bonds is 7. The van der Waals surface area contributed by atoms with Gasteiger partial charge in [-0.25, -0.2) is 9.97 Å². The first-order valence-electron chi connectivity index (χ1n) is 6.42. The Morgan fingerprint density at radius 3 is 2.90 bits per heavy atom. The maximum atomic E-state index is 11.3. The highest BCUT2D eigenvalue weighted by atomic mass is 32.1. The van der Waals surface area contributed by atoms with E-state index in [9.17, 15) is 4.79 Å². The van der Waals surface area contributed by atoms with E-state index in [1.165, 1.54) is 11.3 Å². The molecule has 0 amide bonds. The van der Waals surface area contributed by atoms with Gasteiger partial charge in [-0.2, -0.15) is 0 Å². The fourth-order valence-electron chi connectivity index (χ4n) is 1.62. The van der Waals surface area contributed by atoms with Crippen LogP contribution in [0.15, 0.2) is 10.8 Å². The molecule has 0 bridgehead atoms. The summed E-state index contributed by atoms with van der Waals surface area (Å²) in [6.07, 6.45) is 1.11. The van der Waals surface area contributed by atoms with Crippen LogP contribution in [0.25, 0.3) is 0 Å².